The first kappa shape index (κ1) is 17.0. The van der Waals surface area contributed by atoms with Gasteiger partial charge in [-0.05, 0) is 25.3 Å². The van der Waals surface area contributed by atoms with Gasteiger partial charge >= 0.3 is 5.69 Å². The Morgan fingerprint density at radius 3 is 2.75 bits per heavy atom. The Labute approximate surface area is 142 Å². The maximum absolute atomic E-state index is 11.1. The van der Waals surface area contributed by atoms with Crippen LogP contribution in [0.3, 0.4) is 0 Å². The van der Waals surface area contributed by atoms with E-state index in [1.165, 1.54) is 6.42 Å². The van der Waals surface area contributed by atoms with Gasteiger partial charge in [-0.2, -0.15) is 0 Å². The van der Waals surface area contributed by atoms with Crippen LogP contribution in [0.4, 0.5) is 11.4 Å². The average molecular weight is 335 g/mol. The molecule has 2 saturated heterocycles. The molecule has 0 spiro atoms. The van der Waals surface area contributed by atoms with Crippen LogP contribution in [0.5, 0.6) is 5.75 Å². The molecule has 132 valence electrons. The minimum Gasteiger partial charge on any atom is -0.487 e. The van der Waals surface area contributed by atoms with Crippen LogP contribution in [-0.4, -0.2) is 62.4 Å². The molecule has 0 bridgehead atoms. The predicted molar refractivity (Wildman–Crippen MR) is 91.8 cm³/mol. The van der Waals surface area contributed by atoms with Crippen molar-refractivity contribution in [2.75, 3.05) is 57.4 Å². The third-order valence-corrected chi connectivity index (χ3v) is 4.72. The first-order chi connectivity index (χ1) is 11.7. The fourth-order valence-corrected chi connectivity index (χ4v) is 3.40. The van der Waals surface area contributed by atoms with Gasteiger partial charge in [0.25, 0.3) is 0 Å². The van der Waals surface area contributed by atoms with Crippen molar-refractivity contribution in [3.8, 4) is 5.75 Å². The lowest BCUT2D eigenvalue weighted by Crippen LogP contribution is -2.47. The number of anilines is 1. The second kappa shape index (κ2) is 7.81. The molecule has 0 radical (unpaired) electrons. The van der Waals surface area contributed by atoms with Gasteiger partial charge in [0.05, 0.1) is 18.1 Å². The van der Waals surface area contributed by atoms with E-state index in [4.69, 9.17) is 9.47 Å². The molecular weight excluding hydrogens is 310 g/mol. The highest BCUT2D eigenvalue weighted by molar-refractivity contribution is 5.59. The molecule has 7 nitrogen and oxygen atoms in total. The van der Waals surface area contributed by atoms with Crippen molar-refractivity contribution in [1.29, 1.82) is 0 Å². The fraction of sp³-hybridized carbons (Fsp3) is 0.647. The second-order valence-corrected chi connectivity index (χ2v) is 6.36. The van der Waals surface area contributed by atoms with Gasteiger partial charge in [-0.1, -0.05) is 0 Å². The molecular formula is C17H25N3O4. The molecule has 0 N–H and O–H groups in total. The zero-order valence-electron chi connectivity index (χ0n) is 14.1. The normalized spacial score (nSPS) is 21.9. The number of ether oxygens (including phenoxy) is 2. The molecule has 0 aromatic heterocycles. The SMILES string of the molecule is CCOc1cc(N2CCN(CC3CCOC3)CC2)ccc1[N+](=O)[O-]. The van der Waals surface area contributed by atoms with Crippen LogP contribution in [0.15, 0.2) is 18.2 Å². The van der Waals surface area contributed by atoms with E-state index in [0.717, 1.165) is 51.6 Å². The van der Waals surface area contributed by atoms with Crippen molar-refractivity contribution in [3.05, 3.63) is 28.3 Å². The Bertz CT molecular complexity index is 567. The van der Waals surface area contributed by atoms with E-state index in [9.17, 15) is 10.1 Å². The van der Waals surface area contributed by atoms with Gasteiger partial charge in [-0.3, -0.25) is 15.0 Å². The highest BCUT2D eigenvalue weighted by Crippen LogP contribution is 2.32. The standard InChI is InChI=1S/C17H25N3O4/c1-2-24-17-11-15(3-4-16(17)20(21)22)19-8-6-18(7-9-19)12-14-5-10-23-13-14/h3-4,11,14H,2,5-10,12-13H2,1H3. The molecule has 3 rings (SSSR count). The van der Waals surface area contributed by atoms with Crippen LogP contribution in [0.1, 0.15) is 13.3 Å². The quantitative estimate of drug-likeness (QED) is 0.586. The van der Waals surface area contributed by atoms with E-state index >= 15 is 0 Å². The van der Waals surface area contributed by atoms with Gasteiger partial charge in [-0.15, -0.1) is 0 Å². The topological polar surface area (TPSA) is 68.1 Å². The lowest BCUT2D eigenvalue weighted by molar-refractivity contribution is -0.385. The smallest absolute Gasteiger partial charge is 0.311 e. The summed E-state index contributed by atoms with van der Waals surface area (Å²) in [5, 5.41) is 11.1. The highest BCUT2D eigenvalue weighted by Gasteiger charge is 2.24. The number of nitro groups is 1. The maximum Gasteiger partial charge on any atom is 0.311 e. The largest absolute Gasteiger partial charge is 0.487 e. The molecule has 2 fully saturated rings. The molecule has 1 aromatic carbocycles. The Kier molecular flexibility index (Phi) is 5.52. The van der Waals surface area contributed by atoms with Gasteiger partial charge in [0.2, 0.25) is 0 Å². The zero-order valence-corrected chi connectivity index (χ0v) is 14.1. The second-order valence-electron chi connectivity index (χ2n) is 6.36. The summed E-state index contributed by atoms with van der Waals surface area (Å²) in [4.78, 5) is 15.5. The Balaban J connectivity index is 1.61. The summed E-state index contributed by atoms with van der Waals surface area (Å²) in [5.74, 6) is 1.02. The lowest BCUT2D eigenvalue weighted by Gasteiger charge is -2.37. The molecule has 24 heavy (non-hydrogen) atoms. The van der Waals surface area contributed by atoms with Crippen LogP contribution < -0.4 is 9.64 Å². The predicted octanol–water partition coefficient (Wildman–Crippen LogP) is 2.15. The number of piperazine rings is 1. The van der Waals surface area contributed by atoms with Gasteiger partial charge in [0.15, 0.2) is 5.75 Å². The van der Waals surface area contributed by atoms with E-state index in [-0.39, 0.29) is 5.69 Å². The fourth-order valence-electron chi connectivity index (χ4n) is 3.40. The molecule has 0 saturated carbocycles. The van der Waals surface area contributed by atoms with E-state index in [2.05, 4.69) is 9.80 Å². The van der Waals surface area contributed by atoms with Crippen LogP contribution in [0.2, 0.25) is 0 Å². The molecule has 2 aliphatic rings. The van der Waals surface area contributed by atoms with Gasteiger partial charge in [0, 0.05) is 57.2 Å². The molecule has 0 amide bonds. The minimum atomic E-state index is -0.392. The average Bonchev–Trinajstić information content (AvgIpc) is 3.08. The van der Waals surface area contributed by atoms with Crippen molar-refractivity contribution < 1.29 is 14.4 Å². The summed E-state index contributed by atoms with van der Waals surface area (Å²) in [6.45, 7) is 9.03. The number of nitrogens with zero attached hydrogens (tertiary/aromatic N) is 3. The van der Waals surface area contributed by atoms with Crippen molar-refractivity contribution in [3.63, 3.8) is 0 Å². The van der Waals surface area contributed by atoms with Gasteiger partial charge < -0.3 is 14.4 Å². The summed E-state index contributed by atoms with van der Waals surface area (Å²) in [5.41, 5.74) is 1.02. The van der Waals surface area contributed by atoms with Crippen LogP contribution in [0.25, 0.3) is 0 Å². The number of benzene rings is 1. The molecule has 1 unspecified atom stereocenters. The van der Waals surface area contributed by atoms with E-state index in [0.29, 0.717) is 18.3 Å². The summed E-state index contributed by atoms with van der Waals surface area (Å²) < 4.78 is 10.9. The van der Waals surface area contributed by atoms with E-state index in [1.807, 2.05) is 13.0 Å². The van der Waals surface area contributed by atoms with Crippen LogP contribution in [-0.2, 0) is 4.74 Å². The van der Waals surface area contributed by atoms with E-state index < -0.39 is 4.92 Å². The lowest BCUT2D eigenvalue weighted by atomic mass is 10.1. The van der Waals surface area contributed by atoms with Crippen molar-refractivity contribution in [2.24, 2.45) is 5.92 Å². The number of hydrogen-bond donors (Lipinski definition) is 0. The van der Waals surface area contributed by atoms with Crippen molar-refractivity contribution >= 4 is 11.4 Å². The molecule has 2 heterocycles. The van der Waals surface area contributed by atoms with E-state index in [1.54, 1.807) is 12.1 Å². The molecule has 2 aliphatic heterocycles. The molecule has 7 heteroatoms. The Morgan fingerprint density at radius 2 is 2.12 bits per heavy atom. The number of nitro benzene ring substituents is 1. The minimum absolute atomic E-state index is 0.0282. The Morgan fingerprint density at radius 1 is 1.33 bits per heavy atom. The monoisotopic (exact) mass is 335 g/mol. The first-order valence-electron chi connectivity index (χ1n) is 8.63. The van der Waals surface area contributed by atoms with Crippen molar-refractivity contribution in [1.82, 2.24) is 4.90 Å². The highest BCUT2D eigenvalue weighted by atomic mass is 16.6. The van der Waals surface area contributed by atoms with Crippen LogP contribution in [0, 0.1) is 16.0 Å². The van der Waals surface area contributed by atoms with Gasteiger partial charge in [-0.25, -0.2) is 0 Å². The number of rotatable bonds is 6. The molecule has 1 atom stereocenters. The van der Waals surface area contributed by atoms with Crippen LogP contribution >= 0.6 is 0 Å². The summed E-state index contributed by atoms with van der Waals surface area (Å²) >= 11 is 0. The summed E-state index contributed by atoms with van der Waals surface area (Å²) in [6, 6.07) is 5.16. The Hall–Kier alpha value is -1.86. The van der Waals surface area contributed by atoms with Crippen molar-refractivity contribution in [2.45, 2.75) is 13.3 Å². The first-order valence-corrected chi connectivity index (χ1v) is 8.63. The molecule has 0 aliphatic carbocycles. The number of hydrogen-bond acceptors (Lipinski definition) is 6. The summed E-state index contributed by atoms with van der Waals surface area (Å²) in [7, 11) is 0. The summed E-state index contributed by atoms with van der Waals surface area (Å²) in [6.07, 6.45) is 1.17. The maximum atomic E-state index is 11.1. The zero-order chi connectivity index (χ0) is 16.9. The van der Waals surface area contributed by atoms with Gasteiger partial charge in [0.1, 0.15) is 0 Å². The third kappa shape index (κ3) is 3.96. The molecule has 1 aromatic rings. The third-order valence-electron chi connectivity index (χ3n) is 4.72.